The molecule has 10 rings (SSSR count). The fourth-order valence-corrected chi connectivity index (χ4v) is 8.50. The molecule has 3 atom stereocenters. The largest absolute Gasteiger partial charge is 0.308 e. The van der Waals surface area contributed by atoms with Crippen molar-refractivity contribution in [3.63, 3.8) is 0 Å². The van der Waals surface area contributed by atoms with Crippen LogP contribution in [0.25, 0.3) is 60.6 Å². The second-order valence-electron chi connectivity index (χ2n) is 12.3. The molecule has 4 aromatic carbocycles. The van der Waals surface area contributed by atoms with Gasteiger partial charge in [0.25, 0.3) is 0 Å². The lowest BCUT2D eigenvalue weighted by Crippen LogP contribution is -2.52. The lowest BCUT2D eigenvalue weighted by atomic mass is 9.76. The van der Waals surface area contributed by atoms with Gasteiger partial charge in [-0.2, -0.15) is 9.13 Å². The zero-order valence-electron chi connectivity index (χ0n) is 23.9. The minimum atomic E-state index is 0.103. The molecule has 2 aliphatic heterocycles. The predicted molar refractivity (Wildman–Crippen MR) is 174 cm³/mol. The average molecular weight is 552 g/mol. The molecule has 0 aliphatic carbocycles. The number of allylic oxidation sites excluding steroid dienone is 1. The lowest BCUT2D eigenvalue weighted by Gasteiger charge is -2.31. The van der Waals surface area contributed by atoms with E-state index < -0.39 is 0 Å². The molecule has 0 bridgehead atoms. The van der Waals surface area contributed by atoms with E-state index >= 15 is 0 Å². The number of aryl methyl sites for hydroxylation is 1. The summed E-state index contributed by atoms with van der Waals surface area (Å²) in [6, 6.07) is 41.0. The van der Waals surface area contributed by atoms with E-state index in [4.69, 9.17) is 0 Å². The predicted octanol–water partition coefficient (Wildman–Crippen LogP) is 8.48. The first kappa shape index (κ1) is 23.3. The number of fused-ring (bicyclic) bond motifs is 12. The van der Waals surface area contributed by atoms with Gasteiger partial charge in [0.05, 0.1) is 27.7 Å². The van der Waals surface area contributed by atoms with Gasteiger partial charge in [-0.15, -0.1) is 0 Å². The van der Waals surface area contributed by atoms with Crippen molar-refractivity contribution in [2.45, 2.75) is 24.9 Å². The molecule has 0 saturated heterocycles. The summed E-state index contributed by atoms with van der Waals surface area (Å²) in [6.07, 6.45) is 6.75. The third-order valence-corrected chi connectivity index (χ3v) is 10.2. The Morgan fingerprint density at radius 3 is 2.33 bits per heavy atom. The second-order valence-corrected chi connectivity index (χ2v) is 12.3. The first-order valence-corrected chi connectivity index (χ1v) is 15.2. The molecule has 8 aromatic rings. The third-order valence-electron chi connectivity index (χ3n) is 10.2. The van der Waals surface area contributed by atoms with Crippen LogP contribution in [0.3, 0.4) is 0 Å². The number of nitrogens with zero attached hydrogens (tertiary/aromatic N) is 3. The lowest BCUT2D eigenvalue weighted by molar-refractivity contribution is -0.739. The third kappa shape index (κ3) is 2.85. The van der Waals surface area contributed by atoms with Gasteiger partial charge in [-0.1, -0.05) is 61.2 Å². The van der Waals surface area contributed by atoms with Crippen LogP contribution in [0.5, 0.6) is 0 Å². The van der Waals surface area contributed by atoms with Crippen molar-refractivity contribution < 1.29 is 9.13 Å². The van der Waals surface area contributed by atoms with Gasteiger partial charge in [0, 0.05) is 50.9 Å². The molecule has 4 aromatic heterocycles. The summed E-state index contributed by atoms with van der Waals surface area (Å²) in [5.41, 5.74) is 13.1. The highest BCUT2D eigenvalue weighted by Crippen LogP contribution is 2.51. The molecular weight excluding hydrogens is 522 g/mol. The molecule has 2 aliphatic rings. The molecule has 0 amide bonds. The standard InChI is InChI=1S/C40H29N3/c1-3-33-38(27-13-5-4-11-25(27)35-19-18-24(2)23-42(33)35)40-32-22-37-30(21-31(32)34-16-8-9-20-41(34)40)29-15-10-14-28-26-12-6-7-17-36(26)43(37)39(28)29/h3-23,33,38,40H,1H2,2H3/q+2. The van der Waals surface area contributed by atoms with E-state index in [1.807, 2.05) is 0 Å². The summed E-state index contributed by atoms with van der Waals surface area (Å²) in [5, 5.41) is 5.29. The maximum atomic E-state index is 4.42. The number of pyridine rings is 2. The maximum Gasteiger partial charge on any atom is 0.213 e. The molecule has 3 unspecified atom stereocenters. The van der Waals surface area contributed by atoms with Gasteiger partial charge in [0.1, 0.15) is 5.92 Å². The van der Waals surface area contributed by atoms with Crippen molar-refractivity contribution in [1.82, 2.24) is 4.40 Å². The zero-order valence-corrected chi connectivity index (χ0v) is 23.9. The number of para-hydroxylation sites is 2. The Kier molecular flexibility index (Phi) is 4.43. The first-order chi connectivity index (χ1) is 21.2. The summed E-state index contributed by atoms with van der Waals surface area (Å²) < 4.78 is 7.49. The summed E-state index contributed by atoms with van der Waals surface area (Å²) in [6.45, 7) is 6.60. The van der Waals surface area contributed by atoms with Crippen molar-refractivity contribution in [3.8, 4) is 22.5 Å². The molecule has 0 spiro atoms. The van der Waals surface area contributed by atoms with Crippen LogP contribution >= 0.6 is 0 Å². The van der Waals surface area contributed by atoms with Gasteiger partial charge >= 0.3 is 0 Å². The van der Waals surface area contributed by atoms with Crippen LogP contribution in [0, 0.1) is 6.92 Å². The molecule has 6 heterocycles. The van der Waals surface area contributed by atoms with Crippen molar-refractivity contribution in [2.75, 3.05) is 0 Å². The number of aromatic nitrogens is 3. The number of hydrogen-bond donors (Lipinski definition) is 0. The van der Waals surface area contributed by atoms with Crippen LogP contribution in [-0.2, 0) is 0 Å². The minimum absolute atomic E-state index is 0.103. The fraction of sp³-hybridized carbons (Fsp3) is 0.100. The minimum Gasteiger partial charge on any atom is -0.308 e. The Morgan fingerprint density at radius 2 is 1.42 bits per heavy atom. The number of benzene rings is 4. The van der Waals surface area contributed by atoms with E-state index in [0.717, 1.165) is 0 Å². The topological polar surface area (TPSA) is 12.2 Å². The van der Waals surface area contributed by atoms with E-state index in [1.165, 1.54) is 77.3 Å². The Bertz CT molecular complexity index is 2460. The average Bonchev–Trinajstić information content (AvgIpc) is 3.68. The molecule has 0 saturated carbocycles. The van der Waals surface area contributed by atoms with Gasteiger partial charge < -0.3 is 4.40 Å². The van der Waals surface area contributed by atoms with E-state index in [1.54, 1.807) is 0 Å². The highest BCUT2D eigenvalue weighted by Gasteiger charge is 2.51. The smallest absolute Gasteiger partial charge is 0.213 e. The second kappa shape index (κ2) is 8.17. The van der Waals surface area contributed by atoms with E-state index in [2.05, 4.69) is 155 Å². The van der Waals surface area contributed by atoms with Crippen LogP contribution in [0.2, 0.25) is 0 Å². The zero-order chi connectivity index (χ0) is 28.4. The first-order valence-electron chi connectivity index (χ1n) is 15.2. The molecule has 3 heteroatoms. The van der Waals surface area contributed by atoms with Crippen molar-refractivity contribution >= 4 is 38.1 Å². The van der Waals surface area contributed by atoms with Crippen LogP contribution in [0.4, 0.5) is 0 Å². The summed E-state index contributed by atoms with van der Waals surface area (Å²) in [5.74, 6) is 0.170. The Hall–Kier alpha value is -5.28. The van der Waals surface area contributed by atoms with Crippen molar-refractivity contribution in [3.05, 3.63) is 151 Å². The van der Waals surface area contributed by atoms with E-state index in [0.29, 0.717) is 0 Å². The monoisotopic (exact) mass is 551 g/mol. The molecule has 202 valence electrons. The van der Waals surface area contributed by atoms with Crippen molar-refractivity contribution in [1.29, 1.82) is 0 Å². The molecule has 0 N–H and O–H groups in total. The quantitative estimate of drug-likeness (QED) is 0.151. The summed E-state index contributed by atoms with van der Waals surface area (Å²) in [7, 11) is 0. The highest BCUT2D eigenvalue weighted by atomic mass is 15.1. The van der Waals surface area contributed by atoms with Gasteiger partial charge in [-0.05, 0) is 55.0 Å². The van der Waals surface area contributed by atoms with Gasteiger partial charge in [0.15, 0.2) is 24.5 Å². The maximum absolute atomic E-state index is 4.42. The fourth-order valence-electron chi connectivity index (χ4n) is 8.50. The summed E-state index contributed by atoms with van der Waals surface area (Å²) in [4.78, 5) is 0. The Morgan fingerprint density at radius 1 is 0.651 bits per heavy atom. The van der Waals surface area contributed by atoms with Crippen LogP contribution < -0.4 is 9.13 Å². The normalized spacial score (nSPS) is 18.7. The molecule has 43 heavy (non-hydrogen) atoms. The van der Waals surface area contributed by atoms with Crippen LogP contribution in [0.1, 0.15) is 34.7 Å². The summed E-state index contributed by atoms with van der Waals surface area (Å²) >= 11 is 0. The Labute approximate surface area is 249 Å². The molecule has 0 radical (unpaired) electrons. The van der Waals surface area contributed by atoms with Gasteiger partial charge in [0.2, 0.25) is 11.4 Å². The highest BCUT2D eigenvalue weighted by molar-refractivity contribution is 6.23. The number of rotatable bonds is 2. The number of hydrogen-bond acceptors (Lipinski definition) is 0. The van der Waals surface area contributed by atoms with Crippen molar-refractivity contribution in [2.24, 2.45) is 0 Å². The van der Waals surface area contributed by atoms with Gasteiger partial charge in [-0.25, -0.2) is 0 Å². The Balaban J connectivity index is 1.32. The SMILES string of the molecule is C=CC1C(C2c3cc4c(cc3-c3cccc[n+]32)c2cccc3c5ccccc5n4c32)c2ccccc2-c2ccc(C)c[n+]21. The van der Waals surface area contributed by atoms with Crippen LogP contribution in [0.15, 0.2) is 134 Å². The molecular formula is C40H29N3+2. The molecule has 0 fully saturated rings. The van der Waals surface area contributed by atoms with E-state index in [-0.39, 0.29) is 18.0 Å². The molecule has 3 nitrogen and oxygen atoms in total. The van der Waals surface area contributed by atoms with E-state index in [9.17, 15) is 0 Å². The van der Waals surface area contributed by atoms with Gasteiger partial charge in [-0.3, -0.25) is 0 Å². The van der Waals surface area contributed by atoms with Crippen LogP contribution in [-0.4, -0.2) is 4.40 Å².